The Labute approximate surface area is 157 Å². The Kier molecular flexibility index (Phi) is 4.87. The van der Waals surface area contributed by atoms with Crippen LogP contribution in [0, 0.1) is 5.92 Å². The van der Waals surface area contributed by atoms with Crippen LogP contribution in [0.3, 0.4) is 0 Å². The van der Waals surface area contributed by atoms with E-state index in [0.717, 1.165) is 16.7 Å². The molecule has 0 spiro atoms. The molecular weight excluding hydrogens is 342 g/mol. The number of carbonyl (C=O) groups is 2. The van der Waals surface area contributed by atoms with Crippen LogP contribution in [0.1, 0.15) is 22.5 Å². The molecule has 0 saturated carbocycles. The van der Waals surface area contributed by atoms with Gasteiger partial charge in [0.2, 0.25) is 5.91 Å². The van der Waals surface area contributed by atoms with E-state index >= 15 is 0 Å². The lowest BCUT2D eigenvalue weighted by atomic mass is 10.1. The number of hydrogen-bond donors (Lipinski definition) is 1. The Hall–Kier alpha value is -3.15. The van der Waals surface area contributed by atoms with E-state index in [-0.39, 0.29) is 17.7 Å². The molecule has 1 atom stereocenters. The zero-order valence-electron chi connectivity index (χ0n) is 14.9. The third-order valence-electron chi connectivity index (χ3n) is 4.98. The number of hydrogen-bond acceptors (Lipinski definition) is 4. The lowest BCUT2D eigenvalue weighted by Crippen LogP contribution is -2.35. The summed E-state index contributed by atoms with van der Waals surface area (Å²) in [5, 5.41) is 8.03. The van der Waals surface area contributed by atoms with Gasteiger partial charge in [0.1, 0.15) is 0 Å². The van der Waals surface area contributed by atoms with Crippen molar-refractivity contribution in [1.82, 2.24) is 15.4 Å². The predicted molar refractivity (Wildman–Crippen MR) is 101 cm³/mol. The second-order valence-corrected chi connectivity index (χ2v) is 6.77. The SMILES string of the molecule is O=C(NCCc1noc2ccccc12)C1CCN(C(=O)c2ccccc2)C1. The molecule has 2 aromatic carbocycles. The Balaban J connectivity index is 1.29. The Morgan fingerprint density at radius 2 is 1.89 bits per heavy atom. The summed E-state index contributed by atoms with van der Waals surface area (Å²) >= 11 is 0. The highest BCUT2D eigenvalue weighted by Crippen LogP contribution is 2.20. The van der Waals surface area contributed by atoms with E-state index in [1.165, 1.54) is 0 Å². The van der Waals surface area contributed by atoms with Gasteiger partial charge in [0.25, 0.3) is 5.91 Å². The lowest BCUT2D eigenvalue weighted by molar-refractivity contribution is -0.124. The molecule has 6 heteroatoms. The first-order valence-electron chi connectivity index (χ1n) is 9.17. The standard InChI is InChI=1S/C21H21N3O3/c25-20(22-12-10-18-17-8-4-5-9-19(17)27-23-18)16-11-13-24(14-16)21(26)15-6-2-1-3-7-15/h1-9,16H,10-14H2,(H,22,25). The average molecular weight is 363 g/mol. The van der Waals surface area contributed by atoms with E-state index in [0.29, 0.717) is 38.0 Å². The van der Waals surface area contributed by atoms with Crippen molar-refractivity contribution in [3.8, 4) is 0 Å². The molecular formula is C21H21N3O3. The molecule has 1 aliphatic rings. The molecule has 1 unspecified atom stereocenters. The van der Waals surface area contributed by atoms with Crippen LogP contribution in [0.5, 0.6) is 0 Å². The molecule has 0 bridgehead atoms. The number of carbonyl (C=O) groups excluding carboxylic acids is 2. The second-order valence-electron chi connectivity index (χ2n) is 6.77. The van der Waals surface area contributed by atoms with Crippen molar-refractivity contribution in [3.63, 3.8) is 0 Å². The highest BCUT2D eigenvalue weighted by Gasteiger charge is 2.31. The molecule has 1 aliphatic heterocycles. The van der Waals surface area contributed by atoms with Crippen LogP contribution in [-0.4, -0.2) is 41.5 Å². The van der Waals surface area contributed by atoms with Crippen LogP contribution in [0.15, 0.2) is 59.1 Å². The van der Waals surface area contributed by atoms with E-state index in [9.17, 15) is 9.59 Å². The summed E-state index contributed by atoms with van der Waals surface area (Å²) in [4.78, 5) is 26.7. The molecule has 2 amide bonds. The quantitative estimate of drug-likeness (QED) is 0.756. The van der Waals surface area contributed by atoms with Crippen molar-refractivity contribution in [2.45, 2.75) is 12.8 Å². The van der Waals surface area contributed by atoms with Crippen molar-refractivity contribution in [1.29, 1.82) is 0 Å². The molecule has 0 aliphatic carbocycles. The Morgan fingerprint density at radius 1 is 1.11 bits per heavy atom. The van der Waals surface area contributed by atoms with E-state index in [1.54, 1.807) is 17.0 Å². The minimum Gasteiger partial charge on any atom is -0.356 e. The van der Waals surface area contributed by atoms with Gasteiger partial charge in [-0.3, -0.25) is 9.59 Å². The number of nitrogens with one attached hydrogen (secondary N) is 1. The maximum Gasteiger partial charge on any atom is 0.253 e. The van der Waals surface area contributed by atoms with Gasteiger partial charge in [-0.25, -0.2) is 0 Å². The molecule has 27 heavy (non-hydrogen) atoms. The highest BCUT2D eigenvalue weighted by atomic mass is 16.5. The summed E-state index contributed by atoms with van der Waals surface area (Å²) in [6, 6.07) is 16.9. The highest BCUT2D eigenvalue weighted by molar-refractivity contribution is 5.95. The maximum absolute atomic E-state index is 12.5. The summed E-state index contributed by atoms with van der Waals surface area (Å²) in [5.41, 5.74) is 2.26. The third kappa shape index (κ3) is 3.69. The van der Waals surface area contributed by atoms with Crippen LogP contribution in [-0.2, 0) is 11.2 Å². The number of nitrogens with zero attached hydrogens (tertiary/aromatic N) is 2. The Morgan fingerprint density at radius 3 is 2.74 bits per heavy atom. The van der Waals surface area contributed by atoms with Gasteiger partial charge in [-0.15, -0.1) is 0 Å². The van der Waals surface area contributed by atoms with E-state index in [4.69, 9.17) is 4.52 Å². The monoisotopic (exact) mass is 363 g/mol. The molecule has 3 aromatic rings. The summed E-state index contributed by atoms with van der Waals surface area (Å²) in [6.07, 6.45) is 1.30. The van der Waals surface area contributed by atoms with Gasteiger partial charge >= 0.3 is 0 Å². The number of likely N-dealkylation sites (tertiary alicyclic amines) is 1. The number of benzene rings is 2. The first kappa shape index (κ1) is 17.3. The molecule has 1 aromatic heterocycles. The first-order valence-corrected chi connectivity index (χ1v) is 9.17. The molecule has 138 valence electrons. The van der Waals surface area contributed by atoms with Crippen molar-refractivity contribution < 1.29 is 14.1 Å². The minimum atomic E-state index is -0.160. The molecule has 1 N–H and O–H groups in total. The van der Waals surface area contributed by atoms with E-state index in [1.807, 2.05) is 42.5 Å². The van der Waals surface area contributed by atoms with Crippen LogP contribution < -0.4 is 5.32 Å². The van der Waals surface area contributed by atoms with Gasteiger partial charge in [-0.05, 0) is 30.7 Å². The maximum atomic E-state index is 12.5. The van der Waals surface area contributed by atoms with Crippen LogP contribution >= 0.6 is 0 Å². The van der Waals surface area contributed by atoms with Gasteiger partial charge in [-0.2, -0.15) is 0 Å². The van der Waals surface area contributed by atoms with Crippen molar-refractivity contribution >= 4 is 22.8 Å². The smallest absolute Gasteiger partial charge is 0.253 e. The Bertz CT molecular complexity index is 951. The van der Waals surface area contributed by atoms with Crippen molar-refractivity contribution in [2.75, 3.05) is 19.6 Å². The normalized spacial score (nSPS) is 16.6. The van der Waals surface area contributed by atoms with Crippen molar-refractivity contribution in [2.24, 2.45) is 5.92 Å². The number of amides is 2. The zero-order chi connectivity index (χ0) is 18.6. The fourth-order valence-corrected chi connectivity index (χ4v) is 3.49. The van der Waals surface area contributed by atoms with Crippen molar-refractivity contribution in [3.05, 3.63) is 65.9 Å². The molecule has 6 nitrogen and oxygen atoms in total. The third-order valence-corrected chi connectivity index (χ3v) is 4.98. The summed E-state index contributed by atoms with van der Waals surface area (Å²) in [7, 11) is 0. The zero-order valence-corrected chi connectivity index (χ0v) is 14.9. The van der Waals surface area contributed by atoms with Gasteiger partial charge in [0.15, 0.2) is 5.58 Å². The number of para-hydroxylation sites is 1. The average Bonchev–Trinajstić information content (AvgIpc) is 3.36. The van der Waals surface area contributed by atoms with Gasteiger partial charge in [-0.1, -0.05) is 35.5 Å². The minimum absolute atomic E-state index is 0.00818. The first-order chi connectivity index (χ1) is 13.2. The van der Waals surface area contributed by atoms with Crippen LogP contribution in [0.4, 0.5) is 0 Å². The molecule has 4 rings (SSSR count). The fraction of sp³-hybridized carbons (Fsp3) is 0.286. The fourth-order valence-electron chi connectivity index (χ4n) is 3.49. The largest absolute Gasteiger partial charge is 0.356 e. The number of aromatic nitrogens is 1. The van der Waals surface area contributed by atoms with Gasteiger partial charge < -0.3 is 14.7 Å². The van der Waals surface area contributed by atoms with Gasteiger partial charge in [0, 0.05) is 37.0 Å². The molecule has 1 fully saturated rings. The summed E-state index contributed by atoms with van der Waals surface area (Å²) in [5.74, 6) is -0.183. The van der Waals surface area contributed by atoms with E-state index in [2.05, 4.69) is 10.5 Å². The molecule has 0 radical (unpaired) electrons. The predicted octanol–water partition coefficient (Wildman–Crippen LogP) is 2.65. The van der Waals surface area contributed by atoms with Gasteiger partial charge in [0.05, 0.1) is 11.6 Å². The summed E-state index contributed by atoms with van der Waals surface area (Å²) < 4.78 is 5.28. The second kappa shape index (κ2) is 7.61. The van der Waals surface area contributed by atoms with Crippen LogP contribution in [0.25, 0.3) is 11.0 Å². The number of fused-ring (bicyclic) bond motifs is 1. The topological polar surface area (TPSA) is 75.4 Å². The molecule has 2 heterocycles. The van der Waals surface area contributed by atoms with E-state index < -0.39 is 0 Å². The lowest BCUT2D eigenvalue weighted by Gasteiger charge is -2.16. The molecule has 1 saturated heterocycles. The number of rotatable bonds is 5. The van der Waals surface area contributed by atoms with Crippen LogP contribution in [0.2, 0.25) is 0 Å². The summed E-state index contributed by atoms with van der Waals surface area (Å²) in [6.45, 7) is 1.57.